The van der Waals surface area contributed by atoms with Crippen LogP contribution in [0.25, 0.3) is 0 Å². The van der Waals surface area contributed by atoms with Crippen LogP contribution in [0.3, 0.4) is 0 Å². The van der Waals surface area contributed by atoms with Crippen LogP contribution in [-0.4, -0.2) is 44.3 Å². The molecule has 0 unspecified atom stereocenters. The number of para-hydroxylation sites is 1. The molecule has 7 nitrogen and oxygen atoms in total. The predicted molar refractivity (Wildman–Crippen MR) is 176 cm³/mol. The van der Waals surface area contributed by atoms with Crippen LogP contribution in [0.4, 0.5) is 5.69 Å². The third-order valence-corrected chi connectivity index (χ3v) is 9.49. The first-order chi connectivity index (χ1) is 21.2. The first-order valence-corrected chi connectivity index (χ1v) is 16.6. The van der Waals surface area contributed by atoms with Crippen LogP contribution in [0.1, 0.15) is 30.9 Å². The summed E-state index contributed by atoms with van der Waals surface area (Å²) in [5.74, 6) is -0.899. The van der Waals surface area contributed by atoms with Crippen molar-refractivity contribution < 1.29 is 18.0 Å². The van der Waals surface area contributed by atoms with Gasteiger partial charge >= 0.3 is 0 Å². The minimum atomic E-state index is -4.15. The fourth-order valence-electron chi connectivity index (χ4n) is 4.74. The van der Waals surface area contributed by atoms with Crippen molar-refractivity contribution in [1.29, 1.82) is 0 Å². The summed E-state index contributed by atoms with van der Waals surface area (Å²) < 4.78 is 29.0. The number of hydrogen-bond acceptors (Lipinski definition) is 4. The quantitative estimate of drug-likeness (QED) is 0.153. The SMILES string of the molecule is CCCCNC(=O)[C@@H](Cc1ccccc1)N(Cc1ccc(Cl)cc1Cl)C(=O)CN(c1ccccc1)S(=O)(=O)c1ccccc1. The summed E-state index contributed by atoms with van der Waals surface area (Å²) in [6, 6.07) is 29.8. The van der Waals surface area contributed by atoms with Crippen molar-refractivity contribution in [3.05, 3.63) is 130 Å². The average molecular weight is 653 g/mol. The summed E-state index contributed by atoms with van der Waals surface area (Å²) in [4.78, 5) is 29.7. The molecule has 0 heterocycles. The summed E-state index contributed by atoms with van der Waals surface area (Å²) in [6.45, 7) is 1.89. The van der Waals surface area contributed by atoms with Gasteiger partial charge in [-0.05, 0) is 53.9 Å². The summed E-state index contributed by atoms with van der Waals surface area (Å²) in [5.41, 5.74) is 1.74. The molecule has 2 amide bonds. The van der Waals surface area contributed by atoms with Crippen LogP contribution in [0.15, 0.2) is 114 Å². The number of hydrogen-bond donors (Lipinski definition) is 1. The lowest BCUT2D eigenvalue weighted by molar-refractivity contribution is -0.140. The Morgan fingerprint density at radius 3 is 2.07 bits per heavy atom. The molecular formula is C34H35Cl2N3O4S. The highest BCUT2D eigenvalue weighted by atomic mass is 35.5. The maximum Gasteiger partial charge on any atom is 0.264 e. The van der Waals surface area contributed by atoms with Gasteiger partial charge in [0.25, 0.3) is 10.0 Å². The first kappa shape index (κ1) is 33.1. The molecule has 0 saturated carbocycles. The lowest BCUT2D eigenvalue weighted by Crippen LogP contribution is -2.53. The molecule has 0 spiro atoms. The molecule has 0 aliphatic heterocycles. The van der Waals surface area contributed by atoms with Gasteiger partial charge in [-0.25, -0.2) is 8.42 Å². The highest BCUT2D eigenvalue weighted by Crippen LogP contribution is 2.27. The Bertz CT molecular complexity index is 1640. The molecule has 0 bridgehead atoms. The highest BCUT2D eigenvalue weighted by Gasteiger charge is 2.34. The maximum atomic E-state index is 14.4. The van der Waals surface area contributed by atoms with Crippen molar-refractivity contribution >= 4 is 50.7 Å². The molecule has 230 valence electrons. The normalized spacial score (nSPS) is 11.9. The van der Waals surface area contributed by atoms with E-state index in [9.17, 15) is 18.0 Å². The largest absolute Gasteiger partial charge is 0.354 e. The Labute approximate surface area is 269 Å². The average Bonchev–Trinajstić information content (AvgIpc) is 3.03. The molecule has 0 fully saturated rings. The molecule has 4 aromatic rings. The number of amides is 2. The Hall–Kier alpha value is -3.85. The second kappa shape index (κ2) is 15.7. The van der Waals surface area contributed by atoms with E-state index < -0.39 is 28.5 Å². The second-order valence-corrected chi connectivity index (χ2v) is 13.0. The molecule has 44 heavy (non-hydrogen) atoms. The zero-order valence-corrected chi connectivity index (χ0v) is 26.7. The molecule has 0 aromatic heterocycles. The fraction of sp³-hybridized carbons (Fsp3) is 0.235. The first-order valence-electron chi connectivity index (χ1n) is 14.4. The second-order valence-electron chi connectivity index (χ2n) is 10.3. The molecule has 10 heteroatoms. The minimum Gasteiger partial charge on any atom is -0.354 e. The van der Waals surface area contributed by atoms with E-state index in [1.54, 1.807) is 66.7 Å². The zero-order valence-electron chi connectivity index (χ0n) is 24.4. The number of nitrogens with zero attached hydrogens (tertiary/aromatic N) is 2. The van der Waals surface area contributed by atoms with Gasteiger partial charge in [-0.3, -0.25) is 13.9 Å². The predicted octanol–water partition coefficient (Wildman–Crippen LogP) is 6.75. The Balaban J connectivity index is 1.78. The molecule has 0 aliphatic carbocycles. The number of unbranched alkanes of at least 4 members (excludes halogenated alkanes) is 1. The number of nitrogens with one attached hydrogen (secondary N) is 1. The van der Waals surface area contributed by atoms with Gasteiger partial charge in [0.2, 0.25) is 11.8 Å². The Morgan fingerprint density at radius 1 is 0.841 bits per heavy atom. The monoisotopic (exact) mass is 651 g/mol. The number of benzene rings is 4. The van der Waals surface area contributed by atoms with Gasteiger partial charge < -0.3 is 10.2 Å². The van der Waals surface area contributed by atoms with Crippen molar-refractivity contribution in [3.8, 4) is 0 Å². The Kier molecular flexibility index (Phi) is 11.8. The van der Waals surface area contributed by atoms with E-state index in [-0.39, 0.29) is 23.8 Å². The smallest absolute Gasteiger partial charge is 0.264 e. The maximum absolute atomic E-state index is 14.4. The van der Waals surface area contributed by atoms with Crippen LogP contribution in [0, 0.1) is 0 Å². The van der Waals surface area contributed by atoms with Gasteiger partial charge in [0.05, 0.1) is 10.6 Å². The zero-order chi connectivity index (χ0) is 31.5. The van der Waals surface area contributed by atoms with Crippen molar-refractivity contribution in [1.82, 2.24) is 10.2 Å². The summed E-state index contributed by atoms with van der Waals surface area (Å²) in [7, 11) is -4.15. The van der Waals surface area contributed by atoms with Crippen molar-refractivity contribution in [2.75, 3.05) is 17.4 Å². The van der Waals surface area contributed by atoms with Gasteiger partial charge in [0.15, 0.2) is 0 Å². The Morgan fingerprint density at radius 2 is 1.45 bits per heavy atom. The van der Waals surface area contributed by atoms with Gasteiger partial charge in [0, 0.05) is 29.6 Å². The summed E-state index contributed by atoms with van der Waals surface area (Å²) in [5, 5.41) is 3.73. The molecule has 0 aliphatic rings. The molecule has 0 saturated heterocycles. The number of halogens is 2. The number of carbonyl (C=O) groups excluding carboxylic acids is 2. The topological polar surface area (TPSA) is 86.8 Å². The van der Waals surface area contributed by atoms with Crippen molar-refractivity contribution in [2.24, 2.45) is 0 Å². The van der Waals surface area contributed by atoms with Crippen molar-refractivity contribution in [3.63, 3.8) is 0 Å². The summed E-state index contributed by atoms with van der Waals surface area (Å²) in [6.07, 6.45) is 1.88. The molecule has 0 radical (unpaired) electrons. The molecule has 1 N–H and O–H groups in total. The van der Waals surface area contributed by atoms with Gasteiger partial charge in [0.1, 0.15) is 12.6 Å². The van der Waals surface area contributed by atoms with Crippen molar-refractivity contribution in [2.45, 2.75) is 43.7 Å². The number of sulfonamides is 1. The van der Waals surface area contributed by atoms with Gasteiger partial charge in [-0.2, -0.15) is 0 Å². The van der Waals surface area contributed by atoms with E-state index in [2.05, 4.69) is 5.32 Å². The van der Waals surface area contributed by atoms with Crippen LogP contribution in [0.5, 0.6) is 0 Å². The minimum absolute atomic E-state index is 0.0401. The highest BCUT2D eigenvalue weighted by molar-refractivity contribution is 7.92. The van der Waals surface area contributed by atoms with E-state index in [0.717, 1.165) is 22.7 Å². The molecular weight excluding hydrogens is 617 g/mol. The van der Waals surface area contributed by atoms with Crippen LogP contribution in [0.2, 0.25) is 10.0 Å². The standard InChI is InChI=1S/C34H35Cl2N3O4S/c1-2-3-21-37-34(41)32(22-26-13-7-4-8-14-26)38(24-27-19-20-28(35)23-31(27)36)33(40)25-39(29-15-9-5-10-16-29)44(42,43)30-17-11-6-12-18-30/h4-20,23,32H,2-3,21-22,24-25H2,1H3,(H,37,41)/t32-/m1/s1. The molecule has 4 aromatic carbocycles. The molecule has 1 atom stereocenters. The number of carbonyl (C=O) groups is 2. The number of anilines is 1. The number of rotatable bonds is 14. The van der Waals surface area contributed by atoms with E-state index in [1.165, 1.54) is 17.0 Å². The molecule has 4 rings (SSSR count). The van der Waals surface area contributed by atoms with Crippen LogP contribution >= 0.6 is 23.2 Å². The lowest BCUT2D eigenvalue weighted by Gasteiger charge is -2.34. The van der Waals surface area contributed by atoms with Crippen LogP contribution in [-0.2, 0) is 32.6 Å². The van der Waals surface area contributed by atoms with E-state index in [1.807, 2.05) is 37.3 Å². The van der Waals surface area contributed by atoms with E-state index >= 15 is 0 Å². The van der Waals surface area contributed by atoms with E-state index in [4.69, 9.17) is 23.2 Å². The van der Waals surface area contributed by atoms with Crippen LogP contribution < -0.4 is 9.62 Å². The fourth-order valence-corrected chi connectivity index (χ4v) is 6.64. The van der Waals surface area contributed by atoms with Gasteiger partial charge in [-0.1, -0.05) is 109 Å². The van der Waals surface area contributed by atoms with Gasteiger partial charge in [-0.15, -0.1) is 0 Å². The van der Waals surface area contributed by atoms with E-state index in [0.29, 0.717) is 27.8 Å². The third kappa shape index (κ3) is 8.62. The summed E-state index contributed by atoms with van der Waals surface area (Å²) >= 11 is 12.7. The third-order valence-electron chi connectivity index (χ3n) is 7.11. The lowest BCUT2D eigenvalue weighted by atomic mass is 10.0.